The zero-order valence-corrected chi connectivity index (χ0v) is 13.4. The van der Waals surface area contributed by atoms with Gasteiger partial charge in [0.1, 0.15) is 11.8 Å². The number of carbonyl (C=O) groups excluding carboxylic acids is 1. The predicted molar refractivity (Wildman–Crippen MR) is 79.1 cm³/mol. The quantitative estimate of drug-likeness (QED) is 0.814. The van der Waals surface area contributed by atoms with Crippen LogP contribution >= 0.6 is 27.5 Å². The highest BCUT2D eigenvalue weighted by Crippen LogP contribution is 2.27. The predicted octanol–water partition coefficient (Wildman–Crippen LogP) is 2.71. The Morgan fingerprint density at radius 1 is 1.45 bits per heavy atom. The first-order valence-corrected chi connectivity index (χ1v) is 7.08. The van der Waals surface area contributed by atoms with Gasteiger partial charge in [0.25, 0.3) is 5.91 Å². The summed E-state index contributed by atoms with van der Waals surface area (Å²) < 4.78 is 6.05. The van der Waals surface area contributed by atoms with E-state index in [1.807, 2.05) is 0 Å². The number of carboxylic acids is 1. The number of hydrogen-bond donors (Lipinski definition) is 2. The van der Waals surface area contributed by atoms with Crippen LogP contribution in [-0.2, 0) is 9.59 Å². The molecule has 0 aromatic heterocycles. The van der Waals surface area contributed by atoms with Gasteiger partial charge in [-0.05, 0) is 24.1 Å². The number of amides is 1. The fourth-order valence-corrected chi connectivity index (χ4v) is 2.19. The first-order valence-electron chi connectivity index (χ1n) is 5.91. The SMILES string of the molecule is CC(C)[C@H](NC(=O)COc1ccc(Br)cc1Cl)C(=O)O. The molecule has 0 aliphatic heterocycles. The van der Waals surface area contributed by atoms with Crippen LogP contribution in [0.5, 0.6) is 5.75 Å². The summed E-state index contributed by atoms with van der Waals surface area (Å²) in [4.78, 5) is 22.6. The Labute approximate surface area is 130 Å². The average molecular weight is 365 g/mol. The van der Waals surface area contributed by atoms with Gasteiger partial charge in [-0.15, -0.1) is 0 Å². The molecule has 5 nitrogen and oxygen atoms in total. The number of ether oxygens (including phenoxy) is 1. The number of carboxylic acid groups (broad SMARTS) is 1. The van der Waals surface area contributed by atoms with Crippen LogP contribution in [0.3, 0.4) is 0 Å². The summed E-state index contributed by atoms with van der Waals surface area (Å²) in [5, 5.41) is 11.7. The molecule has 1 aromatic rings. The minimum Gasteiger partial charge on any atom is -0.482 e. The van der Waals surface area contributed by atoms with Crippen LogP contribution in [0.25, 0.3) is 0 Å². The number of nitrogens with one attached hydrogen (secondary N) is 1. The summed E-state index contributed by atoms with van der Waals surface area (Å²) >= 11 is 9.20. The second-order valence-corrected chi connectivity index (χ2v) is 5.81. The third-order valence-corrected chi connectivity index (χ3v) is 3.29. The summed E-state index contributed by atoms with van der Waals surface area (Å²) in [5.41, 5.74) is 0. The minimum absolute atomic E-state index is 0.215. The molecular formula is C13H15BrClNO4. The summed E-state index contributed by atoms with van der Waals surface area (Å²) in [6.07, 6.45) is 0. The van der Waals surface area contributed by atoms with E-state index in [1.165, 1.54) is 0 Å². The van der Waals surface area contributed by atoms with E-state index in [0.717, 1.165) is 4.47 Å². The standard InChI is InChI=1S/C13H15BrClNO4/c1-7(2)12(13(18)19)16-11(17)6-20-10-4-3-8(14)5-9(10)15/h3-5,7,12H,6H2,1-2H3,(H,16,17)(H,18,19)/t12-/m0/s1. The number of benzene rings is 1. The first kappa shape index (κ1) is 16.8. The van der Waals surface area contributed by atoms with Crippen LogP contribution in [0.4, 0.5) is 0 Å². The zero-order valence-electron chi connectivity index (χ0n) is 11.0. The van der Waals surface area contributed by atoms with E-state index in [1.54, 1.807) is 32.0 Å². The highest BCUT2D eigenvalue weighted by molar-refractivity contribution is 9.10. The molecular weight excluding hydrogens is 350 g/mol. The summed E-state index contributed by atoms with van der Waals surface area (Å²) in [6.45, 7) is 3.13. The average Bonchev–Trinajstić information content (AvgIpc) is 2.34. The van der Waals surface area contributed by atoms with Gasteiger partial charge in [0.15, 0.2) is 6.61 Å². The highest BCUT2D eigenvalue weighted by atomic mass is 79.9. The van der Waals surface area contributed by atoms with Crippen molar-refractivity contribution in [3.63, 3.8) is 0 Å². The van der Waals surface area contributed by atoms with E-state index in [9.17, 15) is 9.59 Å². The molecule has 0 radical (unpaired) electrons. The van der Waals surface area contributed by atoms with Gasteiger partial charge in [0.2, 0.25) is 0 Å². The fourth-order valence-electron chi connectivity index (χ4n) is 1.46. The molecule has 1 amide bonds. The second kappa shape index (κ2) is 7.50. The van der Waals surface area contributed by atoms with Gasteiger partial charge in [0.05, 0.1) is 5.02 Å². The Hall–Kier alpha value is -1.27. The van der Waals surface area contributed by atoms with Crippen molar-refractivity contribution < 1.29 is 19.4 Å². The molecule has 0 saturated heterocycles. The molecule has 0 heterocycles. The van der Waals surface area contributed by atoms with Gasteiger partial charge < -0.3 is 15.2 Å². The monoisotopic (exact) mass is 363 g/mol. The van der Waals surface area contributed by atoms with E-state index in [2.05, 4.69) is 21.2 Å². The number of rotatable bonds is 6. The fraction of sp³-hybridized carbons (Fsp3) is 0.385. The molecule has 0 fully saturated rings. The lowest BCUT2D eigenvalue weighted by Crippen LogP contribution is -2.46. The molecule has 1 atom stereocenters. The van der Waals surface area contributed by atoms with Crippen molar-refractivity contribution in [1.29, 1.82) is 0 Å². The topological polar surface area (TPSA) is 75.6 Å². The van der Waals surface area contributed by atoms with Crippen molar-refractivity contribution in [2.45, 2.75) is 19.9 Å². The maximum atomic E-state index is 11.7. The van der Waals surface area contributed by atoms with Gasteiger partial charge in [-0.2, -0.15) is 0 Å². The van der Waals surface area contributed by atoms with Crippen LogP contribution in [-0.4, -0.2) is 29.6 Å². The van der Waals surface area contributed by atoms with Crippen LogP contribution < -0.4 is 10.1 Å². The lowest BCUT2D eigenvalue weighted by Gasteiger charge is -2.18. The largest absolute Gasteiger partial charge is 0.482 e. The Balaban J connectivity index is 2.57. The van der Waals surface area contributed by atoms with Crippen LogP contribution in [0.2, 0.25) is 5.02 Å². The number of halogens is 2. The van der Waals surface area contributed by atoms with Crippen molar-refractivity contribution in [3.05, 3.63) is 27.7 Å². The smallest absolute Gasteiger partial charge is 0.326 e. The van der Waals surface area contributed by atoms with Crippen LogP contribution in [0.15, 0.2) is 22.7 Å². The van der Waals surface area contributed by atoms with E-state index in [0.29, 0.717) is 10.8 Å². The third kappa shape index (κ3) is 5.02. The molecule has 2 N–H and O–H groups in total. The molecule has 110 valence electrons. The molecule has 1 aromatic carbocycles. The molecule has 0 bridgehead atoms. The van der Waals surface area contributed by atoms with Crippen molar-refractivity contribution in [2.75, 3.05) is 6.61 Å². The van der Waals surface area contributed by atoms with Gasteiger partial charge >= 0.3 is 5.97 Å². The number of carbonyl (C=O) groups is 2. The van der Waals surface area contributed by atoms with Crippen LogP contribution in [0, 0.1) is 5.92 Å². The second-order valence-electron chi connectivity index (χ2n) is 4.49. The molecule has 7 heteroatoms. The molecule has 20 heavy (non-hydrogen) atoms. The summed E-state index contributed by atoms with van der Waals surface area (Å²) in [5.74, 6) is -1.44. The van der Waals surface area contributed by atoms with Crippen molar-refractivity contribution in [2.24, 2.45) is 5.92 Å². The third-order valence-electron chi connectivity index (χ3n) is 2.50. The lowest BCUT2D eigenvalue weighted by molar-refractivity contribution is -0.143. The highest BCUT2D eigenvalue weighted by Gasteiger charge is 2.23. The molecule has 0 aliphatic rings. The zero-order chi connectivity index (χ0) is 15.3. The maximum Gasteiger partial charge on any atom is 0.326 e. The lowest BCUT2D eigenvalue weighted by atomic mass is 10.1. The Morgan fingerprint density at radius 3 is 2.60 bits per heavy atom. The maximum absolute atomic E-state index is 11.7. The summed E-state index contributed by atoms with van der Waals surface area (Å²) in [7, 11) is 0. The molecule has 1 rings (SSSR count). The Morgan fingerprint density at radius 2 is 2.10 bits per heavy atom. The van der Waals surface area contributed by atoms with Gasteiger partial charge in [-0.25, -0.2) is 4.79 Å². The minimum atomic E-state index is -1.07. The van der Waals surface area contributed by atoms with E-state index >= 15 is 0 Å². The summed E-state index contributed by atoms with van der Waals surface area (Å²) in [6, 6.07) is 4.05. The normalized spacial score (nSPS) is 12.1. The van der Waals surface area contributed by atoms with Crippen molar-refractivity contribution in [1.82, 2.24) is 5.32 Å². The molecule has 0 spiro atoms. The van der Waals surface area contributed by atoms with E-state index in [4.69, 9.17) is 21.4 Å². The molecule has 0 unspecified atom stereocenters. The van der Waals surface area contributed by atoms with Crippen molar-refractivity contribution in [3.8, 4) is 5.75 Å². The molecule has 0 aliphatic carbocycles. The Bertz CT molecular complexity index is 507. The van der Waals surface area contributed by atoms with Gasteiger partial charge in [-0.3, -0.25) is 4.79 Å². The number of aliphatic carboxylic acids is 1. The van der Waals surface area contributed by atoms with Crippen molar-refractivity contribution >= 4 is 39.4 Å². The molecule has 0 saturated carbocycles. The van der Waals surface area contributed by atoms with E-state index in [-0.39, 0.29) is 12.5 Å². The van der Waals surface area contributed by atoms with Gasteiger partial charge in [-0.1, -0.05) is 41.4 Å². The van der Waals surface area contributed by atoms with Crippen LogP contribution in [0.1, 0.15) is 13.8 Å². The first-order chi connectivity index (χ1) is 9.31. The number of hydrogen-bond acceptors (Lipinski definition) is 3. The Kier molecular flexibility index (Phi) is 6.29. The van der Waals surface area contributed by atoms with E-state index < -0.39 is 17.9 Å². The van der Waals surface area contributed by atoms with Gasteiger partial charge in [0, 0.05) is 4.47 Å².